The van der Waals surface area contributed by atoms with Gasteiger partial charge in [0.25, 0.3) is 0 Å². The van der Waals surface area contributed by atoms with E-state index in [1.54, 1.807) is 20.1 Å². The highest BCUT2D eigenvalue weighted by Gasteiger charge is 2.17. The van der Waals surface area contributed by atoms with E-state index in [9.17, 15) is 9.59 Å². The van der Waals surface area contributed by atoms with E-state index in [1.807, 2.05) is 30.3 Å². The van der Waals surface area contributed by atoms with E-state index in [0.717, 1.165) is 5.56 Å². The number of aromatic nitrogens is 1. The monoisotopic (exact) mass is 345 g/mol. The maximum atomic E-state index is 12.5. The van der Waals surface area contributed by atoms with Crippen LogP contribution in [-0.4, -0.2) is 48.7 Å². The normalized spacial score (nSPS) is 10.5. The molecule has 2 amide bonds. The number of amides is 2. The van der Waals surface area contributed by atoms with Crippen LogP contribution in [0.4, 0.5) is 5.82 Å². The molecule has 0 spiro atoms. The Morgan fingerprint density at radius 3 is 2.68 bits per heavy atom. The lowest BCUT2D eigenvalue weighted by Crippen LogP contribution is -2.40. The molecule has 0 aliphatic heterocycles. The molecule has 0 saturated heterocycles. The molecule has 134 valence electrons. The van der Waals surface area contributed by atoms with Crippen LogP contribution < -0.4 is 5.32 Å². The first-order valence-electron chi connectivity index (χ1n) is 8.12. The summed E-state index contributed by atoms with van der Waals surface area (Å²) in [5.74, 6) is 0.529. The van der Waals surface area contributed by atoms with E-state index < -0.39 is 0 Å². The zero-order valence-corrected chi connectivity index (χ0v) is 14.5. The average Bonchev–Trinajstić information content (AvgIpc) is 3.02. The van der Waals surface area contributed by atoms with E-state index in [4.69, 9.17) is 9.26 Å². The maximum absolute atomic E-state index is 12.5. The second-order valence-electron chi connectivity index (χ2n) is 5.66. The topological polar surface area (TPSA) is 84.7 Å². The van der Waals surface area contributed by atoms with E-state index in [1.165, 1.54) is 4.90 Å². The summed E-state index contributed by atoms with van der Waals surface area (Å²) in [6.45, 7) is 2.41. The minimum Gasteiger partial charge on any atom is -0.383 e. The van der Waals surface area contributed by atoms with E-state index in [2.05, 4.69) is 10.5 Å². The van der Waals surface area contributed by atoms with Gasteiger partial charge in [0.2, 0.25) is 11.8 Å². The van der Waals surface area contributed by atoms with Crippen LogP contribution >= 0.6 is 0 Å². The summed E-state index contributed by atoms with van der Waals surface area (Å²) >= 11 is 0. The van der Waals surface area contributed by atoms with Crippen molar-refractivity contribution in [3.05, 3.63) is 47.7 Å². The number of anilines is 1. The Kier molecular flexibility index (Phi) is 7.16. The van der Waals surface area contributed by atoms with Crippen LogP contribution in [0.25, 0.3) is 0 Å². The summed E-state index contributed by atoms with van der Waals surface area (Å²) in [5, 5.41) is 6.33. The third-order valence-electron chi connectivity index (χ3n) is 3.62. The van der Waals surface area contributed by atoms with Gasteiger partial charge in [0.15, 0.2) is 5.82 Å². The molecule has 2 aromatic rings. The fourth-order valence-electron chi connectivity index (χ4n) is 2.33. The molecule has 0 saturated carbocycles. The summed E-state index contributed by atoms with van der Waals surface area (Å²) < 4.78 is 9.94. The van der Waals surface area contributed by atoms with Gasteiger partial charge in [0.05, 0.1) is 13.2 Å². The molecular weight excluding hydrogens is 322 g/mol. The Bertz CT molecular complexity index is 685. The third-order valence-corrected chi connectivity index (χ3v) is 3.62. The number of ether oxygens (including phenoxy) is 1. The highest BCUT2D eigenvalue weighted by atomic mass is 16.5. The number of carbonyl (C=O) groups is 2. The summed E-state index contributed by atoms with van der Waals surface area (Å²) in [5.41, 5.74) is 1.09. The van der Waals surface area contributed by atoms with Gasteiger partial charge in [-0.05, 0) is 18.9 Å². The van der Waals surface area contributed by atoms with Crippen molar-refractivity contribution in [3.8, 4) is 0 Å². The molecule has 1 heterocycles. The van der Waals surface area contributed by atoms with Crippen molar-refractivity contribution in [2.75, 3.05) is 32.1 Å². The number of methoxy groups -OCH3 is 1. The van der Waals surface area contributed by atoms with Crippen molar-refractivity contribution in [1.82, 2.24) is 10.1 Å². The predicted molar refractivity (Wildman–Crippen MR) is 93.1 cm³/mol. The highest BCUT2D eigenvalue weighted by Crippen LogP contribution is 2.08. The molecule has 0 fully saturated rings. The van der Waals surface area contributed by atoms with Gasteiger partial charge in [-0.2, -0.15) is 0 Å². The zero-order valence-electron chi connectivity index (χ0n) is 14.5. The summed E-state index contributed by atoms with van der Waals surface area (Å²) in [6.07, 6.45) is 0.970. The molecular formula is C18H23N3O4. The molecule has 1 N–H and O–H groups in total. The Labute approximate surface area is 146 Å². The Morgan fingerprint density at radius 2 is 2.04 bits per heavy atom. The molecule has 2 rings (SSSR count). The van der Waals surface area contributed by atoms with Crippen molar-refractivity contribution in [2.45, 2.75) is 19.8 Å². The van der Waals surface area contributed by atoms with Crippen LogP contribution in [0.5, 0.6) is 0 Å². The lowest BCUT2D eigenvalue weighted by molar-refractivity contribution is -0.135. The Balaban J connectivity index is 1.89. The van der Waals surface area contributed by atoms with Crippen LogP contribution in [0.15, 0.2) is 40.9 Å². The van der Waals surface area contributed by atoms with Gasteiger partial charge in [-0.25, -0.2) is 0 Å². The number of hydrogen-bond acceptors (Lipinski definition) is 5. The van der Waals surface area contributed by atoms with Gasteiger partial charge in [-0.3, -0.25) is 9.59 Å². The molecule has 1 aromatic carbocycles. The number of aryl methyl sites for hydroxylation is 2. The molecule has 0 bridgehead atoms. The predicted octanol–water partition coefficient (Wildman–Crippen LogP) is 2.03. The molecule has 0 aliphatic carbocycles. The number of carbonyl (C=O) groups excluding carboxylic acids is 2. The number of benzene rings is 1. The number of rotatable bonds is 9. The fourth-order valence-corrected chi connectivity index (χ4v) is 2.33. The van der Waals surface area contributed by atoms with Crippen LogP contribution in [0.1, 0.15) is 17.7 Å². The second kappa shape index (κ2) is 9.58. The van der Waals surface area contributed by atoms with Gasteiger partial charge in [0.1, 0.15) is 5.76 Å². The Morgan fingerprint density at radius 1 is 1.28 bits per heavy atom. The first kappa shape index (κ1) is 18.7. The molecule has 7 heteroatoms. The van der Waals surface area contributed by atoms with E-state index in [0.29, 0.717) is 37.6 Å². The smallest absolute Gasteiger partial charge is 0.245 e. The largest absolute Gasteiger partial charge is 0.383 e. The van der Waals surface area contributed by atoms with Crippen molar-refractivity contribution in [3.63, 3.8) is 0 Å². The van der Waals surface area contributed by atoms with Gasteiger partial charge in [-0.15, -0.1) is 0 Å². The van der Waals surface area contributed by atoms with Gasteiger partial charge < -0.3 is 19.5 Å². The van der Waals surface area contributed by atoms with Crippen molar-refractivity contribution >= 4 is 17.6 Å². The lowest BCUT2D eigenvalue weighted by atomic mass is 10.1. The number of nitrogens with one attached hydrogen (secondary N) is 1. The highest BCUT2D eigenvalue weighted by molar-refractivity contribution is 5.93. The molecule has 0 radical (unpaired) electrons. The van der Waals surface area contributed by atoms with Crippen LogP contribution in [0.2, 0.25) is 0 Å². The molecule has 0 aliphatic rings. The van der Waals surface area contributed by atoms with Crippen molar-refractivity contribution in [1.29, 1.82) is 0 Å². The molecule has 25 heavy (non-hydrogen) atoms. The molecule has 0 unspecified atom stereocenters. The fraction of sp³-hybridized carbons (Fsp3) is 0.389. The number of nitrogens with zero attached hydrogens (tertiary/aromatic N) is 2. The van der Waals surface area contributed by atoms with Crippen LogP contribution in [0, 0.1) is 6.92 Å². The van der Waals surface area contributed by atoms with E-state index in [-0.39, 0.29) is 18.4 Å². The second-order valence-corrected chi connectivity index (χ2v) is 5.66. The summed E-state index contributed by atoms with van der Waals surface area (Å²) in [6, 6.07) is 11.4. The van der Waals surface area contributed by atoms with Crippen molar-refractivity contribution < 1.29 is 18.8 Å². The quantitative estimate of drug-likeness (QED) is 0.752. The zero-order chi connectivity index (χ0) is 18.1. The third kappa shape index (κ3) is 6.39. The molecule has 0 atom stereocenters. The van der Waals surface area contributed by atoms with Gasteiger partial charge in [-0.1, -0.05) is 35.5 Å². The summed E-state index contributed by atoms with van der Waals surface area (Å²) in [7, 11) is 1.56. The van der Waals surface area contributed by atoms with Crippen LogP contribution in [-0.2, 0) is 20.7 Å². The minimum absolute atomic E-state index is 0.0527. The Hall–Kier alpha value is -2.67. The minimum atomic E-state index is -0.322. The van der Waals surface area contributed by atoms with Gasteiger partial charge in [0, 0.05) is 26.1 Å². The number of hydrogen-bond donors (Lipinski definition) is 1. The van der Waals surface area contributed by atoms with Gasteiger partial charge >= 0.3 is 0 Å². The maximum Gasteiger partial charge on any atom is 0.245 e. The van der Waals surface area contributed by atoms with Crippen molar-refractivity contribution in [2.24, 2.45) is 0 Å². The molecule has 7 nitrogen and oxygen atoms in total. The van der Waals surface area contributed by atoms with E-state index >= 15 is 0 Å². The first-order valence-corrected chi connectivity index (χ1v) is 8.12. The molecule has 1 aromatic heterocycles. The lowest BCUT2D eigenvalue weighted by Gasteiger charge is -2.21. The van der Waals surface area contributed by atoms with Crippen LogP contribution in [0.3, 0.4) is 0 Å². The average molecular weight is 345 g/mol. The SMILES string of the molecule is COCCN(CC(=O)Nc1cc(C)on1)C(=O)CCc1ccccc1. The summed E-state index contributed by atoms with van der Waals surface area (Å²) in [4.78, 5) is 26.1. The first-order chi connectivity index (χ1) is 12.1. The standard InChI is InChI=1S/C18H23N3O4/c1-14-12-16(20-25-14)19-17(22)13-21(10-11-24-2)18(23)9-8-15-6-4-3-5-7-15/h3-7,12H,8-11,13H2,1-2H3,(H,19,20,22).